The fraction of sp³-hybridized carbons (Fsp3) is 0.250. The number of ketones is 1. The van der Waals surface area contributed by atoms with Gasteiger partial charge in [-0.25, -0.2) is 0 Å². The first kappa shape index (κ1) is 15.1. The van der Waals surface area contributed by atoms with Crippen LogP contribution in [0.1, 0.15) is 21.6 Å². The van der Waals surface area contributed by atoms with Crippen LogP contribution in [0.2, 0.25) is 0 Å². The predicted molar refractivity (Wildman–Crippen MR) is 94.3 cm³/mol. The molecule has 1 saturated heterocycles. The zero-order valence-corrected chi connectivity index (χ0v) is 13.5. The topological polar surface area (TPSA) is 45.3 Å². The highest BCUT2D eigenvalue weighted by Gasteiger charge is 2.22. The number of nitrogens with one attached hydrogen (secondary N) is 1. The largest absolute Gasteiger partial charge is 0.379 e. The van der Waals surface area contributed by atoms with Crippen molar-refractivity contribution in [1.82, 2.24) is 9.88 Å². The third-order valence-electron chi connectivity index (χ3n) is 4.53. The highest BCUT2D eigenvalue weighted by atomic mass is 16.5. The van der Waals surface area contributed by atoms with Crippen molar-refractivity contribution in [3.05, 3.63) is 71.4 Å². The van der Waals surface area contributed by atoms with Crippen molar-refractivity contribution in [3.8, 4) is 0 Å². The summed E-state index contributed by atoms with van der Waals surface area (Å²) in [6.45, 7) is 4.04. The van der Waals surface area contributed by atoms with Crippen LogP contribution in [-0.2, 0) is 11.3 Å². The maximum Gasteiger partial charge on any atom is 0.195 e. The van der Waals surface area contributed by atoms with Gasteiger partial charge in [0, 0.05) is 41.8 Å². The van der Waals surface area contributed by atoms with E-state index in [4.69, 9.17) is 4.74 Å². The van der Waals surface area contributed by atoms with E-state index in [1.807, 2.05) is 54.6 Å². The molecule has 0 bridgehead atoms. The summed E-state index contributed by atoms with van der Waals surface area (Å²) in [6, 6.07) is 17.5. The molecule has 3 aromatic rings. The molecule has 1 aliphatic rings. The Kier molecular flexibility index (Phi) is 4.15. The smallest absolute Gasteiger partial charge is 0.195 e. The minimum atomic E-state index is 0.0799. The van der Waals surface area contributed by atoms with E-state index >= 15 is 0 Å². The second-order valence-electron chi connectivity index (χ2n) is 6.11. The van der Waals surface area contributed by atoms with Crippen molar-refractivity contribution in [2.75, 3.05) is 26.3 Å². The number of H-pyrrole nitrogens is 1. The number of aromatic nitrogens is 1. The quantitative estimate of drug-likeness (QED) is 0.751. The minimum Gasteiger partial charge on any atom is -0.379 e. The van der Waals surface area contributed by atoms with Gasteiger partial charge in [0.2, 0.25) is 0 Å². The number of aromatic amines is 1. The van der Waals surface area contributed by atoms with E-state index in [1.54, 1.807) is 0 Å². The number of nitrogens with zero attached hydrogens (tertiary/aromatic N) is 1. The lowest BCUT2D eigenvalue weighted by atomic mass is 10.00. The number of rotatable bonds is 4. The van der Waals surface area contributed by atoms with Gasteiger partial charge >= 0.3 is 0 Å². The molecule has 0 spiro atoms. The summed E-state index contributed by atoms with van der Waals surface area (Å²) in [5.74, 6) is 0.0799. The lowest BCUT2D eigenvalue weighted by Crippen LogP contribution is -2.36. The molecule has 0 radical (unpaired) electrons. The van der Waals surface area contributed by atoms with Crippen LogP contribution in [0.3, 0.4) is 0 Å². The molecule has 4 heteroatoms. The van der Waals surface area contributed by atoms with Crippen LogP contribution in [0.5, 0.6) is 0 Å². The summed E-state index contributed by atoms with van der Waals surface area (Å²) in [5, 5.41) is 0.995. The zero-order valence-electron chi connectivity index (χ0n) is 13.5. The number of benzene rings is 2. The van der Waals surface area contributed by atoms with Gasteiger partial charge in [0.25, 0.3) is 0 Å². The third kappa shape index (κ3) is 2.86. The number of hydrogen-bond donors (Lipinski definition) is 1. The Hall–Kier alpha value is -2.43. The van der Waals surface area contributed by atoms with Gasteiger partial charge in [0.1, 0.15) is 0 Å². The number of ether oxygens (including phenoxy) is 1. The summed E-state index contributed by atoms with van der Waals surface area (Å²) < 4.78 is 5.42. The molecule has 1 aliphatic heterocycles. The fourth-order valence-electron chi connectivity index (χ4n) is 3.29. The highest BCUT2D eigenvalue weighted by molar-refractivity contribution is 6.17. The Bertz CT molecular complexity index is 848. The van der Waals surface area contributed by atoms with Gasteiger partial charge in [-0.1, -0.05) is 48.5 Å². The molecule has 0 atom stereocenters. The average Bonchev–Trinajstić information content (AvgIpc) is 3.00. The van der Waals surface area contributed by atoms with E-state index < -0.39 is 0 Å². The maximum absolute atomic E-state index is 13.1. The number of fused-ring (bicyclic) bond motifs is 1. The molecule has 122 valence electrons. The molecule has 0 amide bonds. The first-order chi connectivity index (χ1) is 11.8. The molecule has 4 nitrogen and oxygen atoms in total. The molecule has 1 aromatic heterocycles. The van der Waals surface area contributed by atoms with E-state index in [9.17, 15) is 4.79 Å². The summed E-state index contributed by atoms with van der Waals surface area (Å²) >= 11 is 0. The average molecular weight is 320 g/mol. The van der Waals surface area contributed by atoms with Crippen LogP contribution in [0.25, 0.3) is 10.9 Å². The summed E-state index contributed by atoms with van der Waals surface area (Å²) in [7, 11) is 0. The van der Waals surface area contributed by atoms with Crippen LogP contribution >= 0.6 is 0 Å². The van der Waals surface area contributed by atoms with Gasteiger partial charge < -0.3 is 9.72 Å². The normalized spacial score (nSPS) is 15.7. The number of para-hydroxylation sites is 1. The highest BCUT2D eigenvalue weighted by Crippen LogP contribution is 2.26. The lowest BCUT2D eigenvalue weighted by Gasteiger charge is -2.26. The minimum absolute atomic E-state index is 0.0799. The van der Waals surface area contributed by atoms with Crippen LogP contribution in [0.4, 0.5) is 0 Å². The summed E-state index contributed by atoms with van der Waals surface area (Å²) in [5.41, 5.74) is 3.53. The van der Waals surface area contributed by atoms with Crippen LogP contribution in [-0.4, -0.2) is 42.0 Å². The first-order valence-electron chi connectivity index (χ1n) is 8.32. The zero-order chi connectivity index (χ0) is 16.4. The molecule has 1 fully saturated rings. The van der Waals surface area contributed by atoms with E-state index in [1.165, 1.54) is 0 Å². The van der Waals surface area contributed by atoms with Crippen molar-refractivity contribution >= 4 is 16.7 Å². The first-order valence-corrected chi connectivity index (χ1v) is 8.32. The summed E-state index contributed by atoms with van der Waals surface area (Å²) in [6.07, 6.45) is 0. The third-order valence-corrected chi connectivity index (χ3v) is 4.53. The van der Waals surface area contributed by atoms with E-state index in [-0.39, 0.29) is 5.78 Å². The van der Waals surface area contributed by atoms with Gasteiger partial charge in [-0.3, -0.25) is 9.69 Å². The Morgan fingerprint density at radius 2 is 1.71 bits per heavy atom. The van der Waals surface area contributed by atoms with E-state index in [0.29, 0.717) is 0 Å². The molecular weight excluding hydrogens is 300 g/mol. The second-order valence-corrected chi connectivity index (χ2v) is 6.11. The van der Waals surface area contributed by atoms with Gasteiger partial charge in [-0.15, -0.1) is 0 Å². The van der Waals surface area contributed by atoms with Crippen molar-refractivity contribution in [2.24, 2.45) is 0 Å². The summed E-state index contributed by atoms with van der Waals surface area (Å²) in [4.78, 5) is 18.9. The van der Waals surface area contributed by atoms with Crippen LogP contribution in [0.15, 0.2) is 54.6 Å². The molecule has 0 unspecified atom stereocenters. The molecule has 24 heavy (non-hydrogen) atoms. The number of carbonyl (C=O) groups excluding carboxylic acids is 1. The molecule has 0 aliphatic carbocycles. The maximum atomic E-state index is 13.1. The van der Waals surface area contributed by atoms with Gasteiger partial charge in [-0.2, -0.15) is 0 Å². The van der Waals surface area contributed by atoms with Crippen molar-refractivity contribution in [2.45, 2.75) is 6.54 Å². The Labute approximate surface area is 141 Å². The number of hydrogen-bond acceptors (Lipinski definition) is 3. The van der Waals surface area contributed by atoms with Crippen molar-refractivity contribution in [1.29, 1.82) is 0 Å². The monoisotopic (exact) mass is 320 g/mol. The van der Waals surface area contributed by atoms with Crippen LogP contribution in [0, 0.1) is 0 Å². The van der Waals surface area contributed by atoms with Gasteiger partial charge in [-0.05, 0) is 6.07 Å². The fourth-order valence-corrected chi connectivity index (χ4v) is 3.29. The molecular formula is C20H20N2O2. The van der Waals surface area contributed by atoms with E-state index in [2.05, 4.69) is 9.88 Å². The molecule has 1 N–H and O–H groups in total. The van der Waals surface area contributed by atoms with E-state index in [0.717, 1.165) is 60.6 Å². The molecule has 0 saturated carbocycles. The molecule has 2 aromatic carbocycles. The van der Waals surface area contributed by atoms with Gasteiger partial charge in [0.15, 0.2) is 5.78 Å². The van der Waals surface area contributed by atoms with Crippen LogP contribution < -0.4 is 0 Å². The molecule has 4 rings (SSSR count). The van der Waals surface area contributed by atoms with Crippen molar-refractivity contribution in [3.63, 3.8) is 0 Å². The Morgan fingerprint density at radius 3 is 2.50 bits per heavy atom. The Morgan fingerprint density at radius 1 is 1.00 bits per heavy atom. The lowest BCUT2D eigenvalue weighted by molar-refractivity contribution is 0.0336. The standard InChI is InChI=1S/C20H20N2O2/c23-20(15-6-2-1-3-7-15)19-16-8-4-5-9-17(16)21-18(19)14-22-10-12-24-13-11-22/h1-9,21H,10-14H2. The van der Waals surface area contributed by atoms with Gasteiger partial charge in [0.05, 0.1) is 18.8 Å². The molecule has 2 heterocycles. The van der Waals surface area contributed by atoms with Crippen molar-refractivity contribution < 1.29 is 9.53 Å². The number of morpholine rings is 1. The predicted octanol–water partition coefficient (Wildman–Crippen LogP) is 3.23. The number of carbonyl (C=O) groups is 1. The second kappa shape index (κ2) is 6.59. The Balaban J connectivity index is 1.76. The SMILES string of the molecule is O=C(c1ccccc1)c1c(CN2CCOCC2)[nH]c2ccccc12.